The standard InChI is InChI=1S/C20H19Cl2N3O2/c1-12-15(10-23)19(26)25(14-5-3-2-4-6-14)20(27)16(12)11-24-13-7-8-17(21)18(22)9-13/h7-9,11,14,27H,2-6H2,1H3. The number of nitrogens with zero attached hydrogens (tertiary/aromatic N) is 3. The second-order valence-corrected chi connectivity index (χ2v) is 7.49. The van der Waals surface area contributed by atoms with Gasteiger partial charge in [0.15, 0.2) is 0 Å². The number of pyridine rings is 1. The summed E-state index contributed by atoms with van der Waals surface area (Å²) in [7, 11) is 0. The summed E-state index contributed by atoms with van der Waals surface area (Å²) in [5.74, 6) is -0.146. The number of rotatable bonds is 3. The lowest BCUT2D eigenvalue weighted by molar-refractivity contribution is 0.303. The summed E-state index contributed by atoms with van der Waals surface area (Å²) >= 11 is 11.9. The van der Waals surface area contributed by atoms with E-state index < -0.39 is 5.56 Å². The highest BCUT2D eigenvalue weighted by atomic mass is 35.5. The molecule has 1 aromatic carbocycles. The Balaban J connectivity index is 2.11. The van der Waals surface area contributed by atoms with Crippen LogP contribution < -0.4 is 5.56 Å². The van der Waals surface area contributed by atoms with Gasteiger partial charge in [0, 0.05) is 12.3 Å². The van der Waals surface area contributed by atoms with Gasteiger partial charge in [-0.1, -0.05) is 42.5 Å². The van der Waals surface area contributed by atoms with E-state index in [1.54, 1.807) is 25.1 Å². The van der Waals surface area contributed by atoms with E-state index in [9.17, 15) is 15.2 Å². The normalized spacial score (nSPS) is 15.2. The molecule has 0 spiro atoms. The molecule has 0 aliphatic heterocycles. The topological polar surface area (TPSA) is 78.4 Å². The molecular weight excluding hydrogens is 385 g/mol. The molecular formula is C20H19Cl2N3O2. The maximum atomic E-state index is 12.8. The third-order valence-electron chi connectivity index (χ3n) is 4.98. The molecule has 2 aromatic rings. The van der Waals surface area contributed by atoms with Crippen molar-refractivity contribution in [3.63, 3.8) is 0 Å². The molecule has 0 saturated heterocycles. The molecule has 0 bridgehead atoms. The molecule has 7 heteroatoms. The first-order chi connectivity index (χ1) is 12.9. The third kappa shape index (κ3) is 3.87. The average molecular weight is 404 g/mol. The first-order valence-corrected chi connectivity index (χ1v) is 9.57. The first-order valence-electron chi connectivity index (χ1n) is 8.81. The zero-order valence-corrected chi connectivity index (χ0v) is 16.4. The predicted octanol–water partition coefficient (Wildman–Crippen LogP) is 5.30. The van der Waals surface area contributed by atoms with Gasteiger partial charge < -0.3 is 5.11 Å². The Morgan fingerprint density at radius 3 is 2.59 bits per heavy atom. The van der Waals surface area contributed by atoms with Gasteiger partial charge in [0.1, 0.15) is 11.6 Å². The summed E-state index contributed by atoms with van der Waals surface area (Å²) in [6.45, 7) is 1.64. The SMILES string of the molecule is Cc1c(C=Nc2ccc(Cl)c(Cl)c2)c(O)n(C2CCCCC2)c(=O)c1C#N. The fraction of sp³-hybridized carbons (Fsp3) is 0.350. The van der Waals surface area contributed by atoms with Crippen LogP contribution in [0.15, 0.2) is 28.0 Å². The molecule has 0 atom stereocenters. The Hall–Kier alpha value is -2.29. The number of aromatic hydroxyl groups is 1. The second kappa shape index (κ2) is 8.16. The van der Waals surface area contributed by atoms with Gasteiger partial charge in [-0.3, -0.25) is 14.4 Å². The Labute approximate surface area is 167 Å². The van der Waals surface area contributed by atoms with Crippen LogP contribution in [0.25, 0.3) is 0 Å². The monoisotopic (exact) mass is 403 g/mol. The molecule has 1 aliphatic carbocycles. The van der Waals surface area contributed by atoms with E-state index in [1.807, 2.05) is 6.07 Å². The van der Waals surface area contributed by atoms with E-state index in [0.29, 0.717) is 26.9 Å². The van der Waals surface area contributed by atoms with E-state index in [-0.39, 0.29) is 17.5 Å². The van der Waals surface area contributed by atoms with E-state index in [2.05, 4.69) is 4.99 Å². The molecule has 1 heterocycles. The third-order valence-corrected chi connectivity index (χ3v) is 5.72. The molecule has 1 aromatic heterocycles. The van der Waals surface area contributed by atoms with Crippen LogP contribution in [-0.2, 0) is 0 Å². The molecule has 27 heavy (non-hydrogen) atoms. The van der Waals surface area contributed by atoms with Crippen molar-refractivity contribution in [1.29, 1.82) is 5.26 Å². The van der Waals surface area contributed by atoms with Crippen LogP contribution in [0, 0.1) is 18.3 Å². The lowest BCUT2D eigenvalue weighted by Gasteiger charge is -2.26. The lowest BCUT2D eigenvalue weighted by Crippen LogP contribution is -2.30. The van der Waals surface area contributed by atoms with E-state index in [1.165, 1.54) is 10.8 Å². The van der Waals surface area contributed by atoms with Crippen LogP contribution in [0.1, 0.15) is 54.8 Å². The number of aliphatic imine (C=N–C) groups is 1. The van der Waals surface area contributed by atoms with Crippen LogP contribution in [0.2, 0.25) is 10.0 Å². The number of hydrogen-bond acceptors (Lipinski definition) is 4. The molecule has 0 unspecified atom stereocenters. The summed E-state index contributed by atoms with van der Waals surface area (Å²) in [5, 5.41) is 21.1. The first kappa shape index (κ1) is 19.5. The van der Waals surface area contributed by atoms with Crippen molar-refractivity contribution < 1.29 is 5.11 Å². The van der Waals surface area contributed by atoms with Crippen molar-refractivity contribution in [1.82, 2.24) is 4.57 Å². The predicted molar refractivity (Wildman–Crippen MR) is 108 cm³/mol. The molecule has 1 aliphatic rings. The zero-order valence-electron chi connectivity index (χ0n) is 14.9. The van der Waals surface area contributed by atoms with Gasteiger partial charge in [0.05, 0.1) is 21.3 Å². The number of aromatic nitrogens is 1. The smallest absolute Gasteiger partial charge is 0.271 e. The zero-order chi connectivity index (χ0) is 19.6. The van der Waals surface area contributed by atoms with Gasteiger partial charge in [-0.25, -0.2) is 0 Å². The molecule has 1 N–H and O–H groups in total. The van der Waals surface area contributed by atoms with Gasteiger partial charge in [-0.15, -0.1) is 0 Å². The average Bonchev–Trinajstić information content (AvgIpc) is 2.65. The van der Waals surface area contributed by atoms with Crippen LogP contribution >= 0.6 is 23.2 Å². The minimum Gasteiger partial charge on any atom is -0.494 e. The molecule has 1 saturated carbocycles. The fourth-order valence-corrected chi connectivity index (χ4v) is 3.77. The van der Waals surface area contributed by atoms with Crippen LogP contribution in [0.5, 0.6) is 5.88 Å². The molecule has 3 rings (SSSR count). The minimum absolute atomic E-state index is 0.0361. The van der Waals surface area contributed by atoms with Crippen molar-refractivity contribution in [2.45, 2.75) is 45.1 Å². The van der Waals surface area contributed by atoms with E-state index >= 15 is 0 Å². The largest absolute Gasteiger partial charge is 0.494 e. The maximum absolute atomic E-state index is 12.8. The highest BCUT2D eigenvalue weighted by molar-refractivity contribution is 6.42. The van der Waals surface area contributed by atoms with Crippen LogP contribution in [0.3, 0.4) is 0 Å². The van der Waals surface area contributed by atoms with Crippen molar-refractivity contribution in [3.05, 3.63) is 55.3 Å². The summed E-state index contributed by atoms with van der Waals surface area (Å²) in [5.41, 5.74) is 0.927. The van der Waals surface area contributed by atoms with E-state index in [4.69, 9.17) is 23.2 Å². The van der Waals surface area contributed by atoms with Gasteiger partial charge in [0.2, 0.25) is 5.88 Å². The summed E-state index contributed by atoms with van der Waals surface area (Å²) in [6, 6.07) is 6.81. The van der Waals surface area contributed by atoms with Crippen molar-refractivity contribution in [2.24, 2.45) is 4.99 Å². The van der Waals surface area contributed by atoms with Gasteiger partial charge in [-0.2, -0.15) is 5.26 Å². The van der Waals surface area contributed by atoms with Crippen LogP contribution in [0.4, 0.5) is 5.69 Å². The lowest BCUT2D eigenvalue weighted by atomic mass is 9.94. The van der Waals surface area contributed by atoms with Gasteiger partial charge in [0.25, 0.3) is 5.56 Å². The Bertz CT molecular complexity index is 1000. The Kier molecular flexibility index (Phi) is 5.88. The fourth-order valence-electron chi connectivity index (χ4n) is 3.48. The summed E-state index contributed by atoms with van der Waals surface area (Å²) in [6.07, 6.45) is 6.20. The van der Waals surface area contributed by atoms with Crippen molar-refractivity contribution >= 4 is 35.1 Å². The van der Waals surface area contributed by atoms with Crippen LogP contribution in [-0.4, -0.2) is 15.9 Å². The minimum atomic E-state index is -0.439. The van der Waals surface area contributed by atoms with Gasteiger partial charge >= 0.3 is 0 Å². The highest BCUT2D eigenvalue weighted by Gasteiger charge is 2.24. The Morgan fingerprint density at radius 2 is 1.96 bits per heavy atom. The van der Waals surface area contributed by atoms with Crippen molar-refractivity contribution in [3.8, 4) is 11.9 Å². The number of halogens is 2. The second-order valence-electron chi connectivity index (χ2n) is 6.67. The molecule has 0 amide bonds. The number of nitriles is 1. The molecule has 140 valence electrons. The van der Waals surface area contributed by atoms with Crippen molar-refractivity contribution in [2.75, 3.05) is 0 Å². The highest BCUT2D eigenvalue weighted by Crippen LogP contribution is 2.32. The Morgan fingerprint density at radius 1 is 1.26 bits per heavy atom. The quantitative estimate of drug-likeness (QED) is 0.706. The summed E-state index contributed by atoms with van der Waals surface area (Å²) in [4.78, 5) is 17.1. The molecule has 1 fully saturated rings. The van der Waals surface area contributed by atoms with Gasteiger partial charge in [-0.05, 0) is 43.5 Å². The number of hydrogen-bond donors (Lipinski definition) is 1. The maximum Gasteiger partial charge on any atom is 0.271 e. The number of benzene rings is 1. The molecule has 5 nitrogen and oxygen atoms in total. The summed E-state index contributed by atoms with van der Waals surface area (Å²) < 4.78 is 1.36. The molecule has 0 radical (unpaired) electrons. The van der Waals surface area contributed by atoms with E-state index in [0.717, 1.165) is 32.1 Å².